The summed E-state index contributed by atoms with van der Waals surface area (Å²) < 4.78 is 1.78. The van der Waals surface area contributed by atoms with Gasteiger partial charge >= 0.3 is 0 Å². The number of carbonyl (C=O) groups excluding carboxylic acids is 1. The fourth-order valence-electron chi connectivity index (χ4n) is 3.36. The molecule has 0 atom stereocenters. The standard InChI is InChI=1S/C20H21N3O2S2/c1-13-6-2-3-7-15(13)22-18(24)12-26-11-14-10-19(25)23-16-8-4-5-9-17(16)27-20(23)21-14/h2-3,6-7,10H,4-5,8-9,11-12H2,1H3,(H,22,24). The van der Waals surface area contributed by atoms with Gasteiger partial charge in [0, 0.05) is 28.1 Å². The number of hydrogen-bond donors (Lipinski definition) is 1. The van der Waals surface area contributed by atoms with Crippen LogP contribution in [0.1, 0.15) is 34.7 Å². The van der Waals surface area contributed by atoms with E-state index < -0.39 is 0 Å². The van der Waals surface area contributed by atoms with Crippen LogP contribution in [-0.4, -0.2) is 21.0 Å². The van der Waals surface area contributed by atoms with Gasteiger partial charge in [-0.15, -0.1) is 23.1 Å². The number of nitrogens with zero attached hydrogens (tertiary/aromatic N) is 2. The van der Waals surface area contributed by atoms with Crippen LogP contribution in [0, 0.1) is 6.92 Å². The fourth-order valence-corrected chi connectivity index (χ4v) is 5.31. The van der Waals surface area contributed by atoms with E-state index >= 15 is 0 Å². The van der Waals surface area contributed by atoms with Crippen LogP contribution in [0.2, 0.25) is 0 Å². The van der Waals surface area contributed by atoms with Crippen molar-refractivity contribution in [2.45, 2.75) is 38.4 Å². The Morgan fingerprint density at radius 3 is 2.96 bits per heavy atom. The van der Waals surface area contributed by atoms with E-state index in [4.69, 9.17) is 0 Å². The van der Waals surface area contributed by atoms with Crippen molar-refractivity contribution in [1.29, 1.82) is 0 Å². The van der Waals surface area contributed by atoms with Gasteiger partial charge in [0.15, 0.2) is 4.96 Å². The van der Waals surface area contributed by atoms with Crippen LogP contribution < -0.4 is 10.9 Å². The molecule has 2 aromatic heterocycles. The number of hydrogen-bond acceptors (Lipinski definition) is 5. The predicted molar refractivity (Wildman–Crippen MR) is 112 cm³/mol. The van der Waals surface area contributed by atoms with Crippen molar-refractivity contribution >= 4 is 39.7 Å². The maximum Gasteiger partial charge on any atom is 0.259 e. The molecule has 2 heterocycles. The molecule has 5 nitrogen and oxygen atoms in total. The van der Waals surface area contributed by atoms with Gasteiger partial charge in [-0.25, -0.2) is 4.98 Å². The van der Waals surface area contributed by atoms with Gasteiger partial charge in [0.1, 0.15) is 0 Å². The van der Waals surface area contributed by atoms with E-state index in [1.807, 2.05) is 31.2 Å². The number of thioether (sulfide) groups is 1. The molecule has 1 amide bonds. The molecule has 0 spiro atoms. The lowest BCUT2D eigenvalue weighted by Gasteiger charge is -2.10. The highest BCUT2D eigenvalue weighted by molar-refractivity contribution is 7.99. The van der Waals surface area contributed by atoms with E-state index in [2.05, 4.69) is 10.3 Å². The van der Waals surface area contributed by atoms with Gasteiger partial charge in [0.25, 0.3) is 5.56 Å². The van der Waals surface area contributed by atoms with Crippen molar-refractivity contribution in [2.75, 3.05) is 11.1 Å². The van der Waals surface area contributed by atoms with Crippen LogP contribution in [-0.2, 0) is 23.4 Å². The van der Waals surface area contributed by atoms with Gasteiger partial charge in [0.05, 0.1) is 11.4 Å². The molecule has 1 N–H and O–H groups in total. The molecular formula is C20H21N3O2S2. The summed E-state index contributed by atoms with van der Waals surface area (Å²) in [7, 11) is 0. The Bertz CT molecular complexity index is 1060. The SMILES string of the molecule is Cc1ccccc1NC(=O)CSCc1cc(=O)n2c3c(sc2n1)CCCC3. The highest BCUT2D eigenvalue weighted by atomic mass is 32.2. The van der Waals surface area contributed by atoms with Crippen LogP contribution in [0.4, 0.5) is 5.69 Å². The number of amides is 1. The van der Waals surface area contributed by atoms with E-state index in [0.29, 0.717) is 11.5 Å². The zero-order valence-electron chi connectivity index (χ0n) is 15.2. The van der Waals surface area contributed by atoms with Crippen LogP contribution >= 0.6 is 23.1 Å². The molecule has 0 unspecified atom stereocenters. The summed E-state index contributed by atoms with van der Waals surface area (Å²) in [6, 6.07) is 9.33. The smallest absolute Gasteiger partial charge is 0.259 e. The number of benzene rings is 1. The summed E-state index contributed by atoms with van der Waals surface area (Å²) in [4.78, 5) is 31.5. The number of thiazole rings is 1. The number of aryl methyl sites for hydroxylation is 3. The maximum absolute atomic E-state index is 12.5. The lowest BCUT2D eigenvalue weighted by Crippen LogP contribution is -2.18. The molecule has 1 aromatic carbocycles. The third kappa shape index (κ3) is 3.94. The highest BCUT2D eigenvalue weighted by Crippen LogP contribution is 2.28. The summed E-state index contributed by atoms with van der Waals surface area (Å²) in [6.07, 6.45) is 4.34. The zero-order chi connectivity index (χ0) is 18.8. The van der Waals surface area contributed by atoms with Gasteiger partial charge in [-0.3, -0.25) is 14.0 Å². The number of nitrogens with one attached hydrogen (secondary N) is 1. The number of aromatic nitrogens is 2. The van der Waals surface area contributed by atoms with Gasteiger partial charge in [0.2, 0.25) is 5.91 Å². The van der Waals surface area contributed by atoms with Gasteiger partial charge in [-0.1, -0.05) is 18.2 Å². The van der Waals surface area contributed by atoms with Crippen LogP contribution in [0.25, 0.3) is 4.96 Å². The Morgan fingerprint density at radius 1 is 1.30 bits per heavy atom. The molecule has 0 fully saturated rings. The molecule has 1 aliphatic rings. The predicted octanol–water partition coefficient (Wildman–Crippen LogP) is 3.82. The first-order chi connectivity index (χ1) is 13.1. The second-order valence-corrected chi connectivity index (χ2v) is 8.79. The Morgan fingerprint density at radius 2 is 2.11 bits per heavy atom. The van der Waals surface area contributed by atoms with Crippen molar-refractivity contribution < 1.29 is 4.79 Å². The average Bonchev–Trinajstić information content (AvgIpc) is 3.02. The molecule has 27 heavy (non-hydrogen) atoms. The number of anilines is 1. The summed E-state index contributed by atoms with van der Waals surface area (Å²) in [5, 5.41) is 2.93. The number of para-hydroxylation sites is 1. The molecular weight excluding hydrogens is 378 g/mol. The summed E-state index contributed by atoms with van der Waals surface area (Å²) >= 11 is 3.11. The first-order valence-electron chi connectivity index (χ1n) is 9.08. The quantitative estimate of drug-likeness (QED) is 0.709. The number of fused-ring (bicyclic) bond motifs is 3. The minimum atomic E-state index is -0.0429. The Hall–Kier alpha value is -2.12. The zero-order valence-corrected chi connectivity index (χ0v) is 16.8. The normalized spacial score (nSPS) is 13.5. The van der Waals surface area contributed by atoms with Gasteiger partial charge in [-0.2, -0.15) is 0 Å². The summed E-state index contributed by atoms with van der Waals surface area (Å²) in [5.41, 5.74) is 3.77. The van der Waals surface area contributed by atoms with E-state index in [1.54, 1.807) is 21.8 Å². The van der Waals surface area contributed by atoms with Crippen molar-refractivity contribution in [3.63, 3.8) is 0 Å². The Kier molecular flexibility index (Phi) is 5.31. The van der Waals surface area contributed by atoms with Crippen molar-refractivity contribution in [2.24, 2.45) is 0 Å². The Labute approximate surface area is 165 Å². The lowest BCUT2D eigenvalue weighted by molar-refractivity contribution is -0.113. The van der Waals surface area contributed by atoms with Crippen molar-refractivity contribution in [3.05, 3.63) is 62.5 Å². The van der Waals surface area contributed by atoms with E-state index in [-0.39, 0.29) is 11.5 Å². The third-order valence-corrected chi connectivity index (χ3v) is 6.83. The second-order valence-electron chi connectivity index (χ2n) is 6.74. The first-order valence-corrected chi connectivity index (χ1v) is 11.1. The molecule has 0 radical (unpaired) electrons. The topological polar surface area (TPSA) is 63.5 Å². The fraction of sp³-hybridized carbons (Fsp3) is 0.350. The number of carbonyl (C=O) groups is 1. The van der Waals surface area contributed by atoms with Gasteiger partial charge < -0.3 is 5.32 Å². The van der Waals surface area contributed by atoms with Gasteiger partial charge in [-0.05, 0) is 44.2 Å². The molecule has 3 aromatic rings. The summed E-state index contributed by atoms with van der Waals surface area (Å²) in [6.45, 7) is 1.97. The maximum atomic E-state index is 12.5. The molecule has 7 heteroatoms. The largest absolute Gasteiger partial charge is 0.325 e. The first kappa shape index (κ1) is 18.3. The lowest BCUT2D eigenvalue weighted by atomic mass is 10.0. The third-order valence-electron chi connectivity index (χ3n) is 4.72. The number of rotatable bonds is 5. The monoisotopic (exact) mass is 399 g/mol. The van der Waals surface area contributed by atoms with Crippen LogP contribution in [0.3, 0.4) is 0 Å². The molecule has 0 bridgehead atoms. The van der Waals surface area contributed by atoms with Crippen LogP contribution in [0.15, 0.2) is 35.1 Å². The van der Waals surface area contributed by atoms with Crippen molar-refractivity contribution in [1.82, 2.24) is 9.38 Å². The Balaban J connectivity index is 1.41. The second kappa shape index (κ2) is 7.86. The minimum absolute atomic E-state index is 0.000591. The van der Waals surface area contributed by atoms with Crippen LogP contribution in [0.5, 0.6) is 0 Å². The molecule has 0 aliphatic heterocycles. The average molecular weight is 400 g/mol. The van der Waals surface area contributed by atoms with E-state index in [0.717, 1.165) is 46.9 Å². The molecule has 0 saturated heterocycles. The molecule has 0 saturated carbocycles. The molecule has 140 valence electrons. The minimum Gasteiger partial charge on any atom is -0.325 e. The van der Waals surface area contributed by atoms with E-state index in [9.17, 15) is 9.59 Å². The van der Waals surface area contributed by atoms with E-state index in [1.165, 1.54) is 23.1 Å². The molecule has 4 rings (SSSR count). The van der Waals surface area contributed by atoms with Crippen molar-refractivity contribution in [3.8, 4) is 0 Å². The summed E-state index contributed by atoms with van der Waals surface area (Å²) in [5.74, 6) is 0.838. The molecule has 1 aliphatic carbocycles. The highest BCUT2D eigenvalue weighted by Gasteiger charge is 2.18.